The van der Waals surface area contributed by atoms with E-state index in [0.717, 1.165) is 0 Å². The van der Waals surface area contributed by atoms with Crippen molar-refractivity contribution in [2.24, 2.45) is 0 Å². The van der Waals surface area contributed by atoms with E-state index in [0.29, 0.717) is 22.8 Å². The number of benzene rings is 1. The monoisotopic (exact) mass is 258 g/mol. The van der Waals surface area contributed by atoms with E-state index in [1.807, 2.05) is 0 Å². The van der Waals surface area contributed by atoms with Gasteiger partial charge in [-0.1, -0.05) is 0 Å². The smallest absolute Gasteiger partial charge is 0.337 e. The lowest BCUT2D eigenvalue weighted by Gasteiger charge is -2.17. The summed E-state index contributed by atoms with van der Waals surface area (Å²) in [6, 6.07) is 7.52. The zero-order chi connectivity index (χ0) is 14.2. The maximum Gasteiger partial charge on any atom is 0.337 e. The number of aromatic nitrogens is 1. The highest BCUT2D eigenvalue weighted by Gasteiger charge is 2.14. The highest BCUT2D eigenvalue weighted by atomic mass is 16.4. The summed E-state index contributed by atoms with van der Waals surface area (Å²) in [7, 11) is 0. The van der Waals surface area contributed by atoms with E-state index in [1.54, 1.807) is 30.5 Å². The van der Waals surface area contributed by atoms with Gasteiger partial charge in [0.25, 0.3) is 0 Å². The summed E-state index contributed by atoms with van der Waals surface area (Å²) in [5.41, 5.74) is 8.03. The van der Waals surface area contributed by atoms with E-state index in [9.17, 15) is 14.7 Å². The molecule has 0 bridgehead atoms. The summed E-state index contributed by atoms with van der Waals surface area (Å²) < 4.78 is 1.71. The number of aromatic carboxylic acids is 1. The van der Waals surface area contributed by atoms with Crippen molar-refractivity contribution in [2.75, 3.05) is 5.73 Å². The van der Waals surface area contributed by atoms with Gasteiger partial charge in [0.2, 0.25) is 0 Å². The van der Waals surface area contributed by atoms with Gasteiger partial charge in [0, 0.05) is 29.2 Å². The third kappa shape index (κ3) is 2.35. The second-order valence-electron chi connectivity index (χ2n) is 4.39. The normalized spacial score (nSPS) is 10.4. The lowest BCUT2D eigenvalue weighted by Crippen LogP contribution is -2.14. The molecule has 0 radical (unpaired) electrons. The number of carboxylic acids is 1. The van der Waals surface area contributed by atoms with Gasteiger partial charge < -0.3 is 15.4 Å². The van der Waals surface area contributed by atoms with E-state index < -0.39 is 5.97 Å². The van der Waals surface area contributed by atoms with E-state index in [1.165, 1.54) is 18.2 Å². The Labute approximate surface area is 109 Å². The van der Waals surface area contributed by atoms with Gasteiger partial charge in [-0.15, -0.1) is 0 Å². The number of rotatable bonds is 2. The Balaban J connectivity index is 2.82. The first-order valence-corrected chi connectivity index (χ1v) is 5.73. The summed E-state index contributed by atoms with van der Waals surface area (Å²) in [5.74, 6) is -1.03. The number of carbonyl (C=O) groups is 1. The number of hydrogen-bond donors (Lipinski definition) is 2. The van der Waals surface area contributed by atoms with Crippen molar-refractivity contribution in [3.8, 4) is 5.69 Å². The van der Waals surface area contributed by atoms with Crippen molar-refractivity contribution < 1.29 is 9.90 Å². The third-order valence-corrected chi connectivity index (χ3v) is 2.90. The van der Waals surface area contributed by atoms with Gasteiger partial charge in [-0.25, -0.2) is 4.79 Å². The standard InChI is InChI=1S/C14H14N2O3/c1-8-5-11(17)6-9(2)16(8)13-7-10(15)3-4-12(13)14(18)19/h3-7H,15H2,1-2H3,(H,18,19). The molecule has 0 amide bonds. The average Bonchev–Trinajstić information content (AvgIpc) is 2.27. The number of nitrogen functional groups attached to an aromatic ring is 1. The molecule has 0 aliphatic carbocycles. The number of anilines is 1. The van der Waals surface area contributed by atoms with Gasteiger partial charge >= 0.3 is 5.97 Å². The van der Waals surface area contributed by atoms with Crippen LogP contribution in [0.1, 0.15) is 21.7 Å². The van der Waals surface area contributed by atoms with Gasteiger partial charge in [0.15, 0.2) is 5.43 Å². The topological polar surface area (TPSA) is 85.3 Å². The van der Waals surface area contributed by atoms with Crippen LogP contribution in [0.5, 0.6) is 0 Å². The van der Waals surface area contributed by atoms with Crippen LogP contribution in [0.2, 0.25) is 0 Å². The SMILES string of the molecule is Cc1cc(=O)cc(C)n1-c1cc(N)ccc1C(=O)O. The summed E-state index contributed by atoms with van der Waals surface area (Å²) in [5, 5.41) is 9.24. The van der Waals surface area contributed by atoms with Crippen molar-refractivity contribution >= 4 is 11.7 Å². The maximum absolute atomic E-state index is 11.4. The second kappa shape index (κ2) is 4.61. The zero-order valence-corrected chi connectivity index (χ0v) is 10.7. The average molecular weight is 258 g/mol. The predicted molar refractivity (Wildman–Crippen MR) is 72.9 cm³/mol. The van der Waals surface area contributed by atoms with Gasteiger partial charge in [-0.05, 0) is 32.0 Å². The first-order chi connectivity index (χ1) is 8.90. The first kappa shape index (κ1) is 12.9. The number of pyridine rings is 1. The summed E-state index contributed by atoms with van der Waals surface area (Å²) in [6.07, 6.45) is 0. The Hall–Kier alpha value is -2.56. The fraction of sp³-hybridized carbons (Fsp3) is 0.143. The molecule has 0 atom stereocenters. The van der Waals surface area contributed by atoms with E-state index in [2.05, 4.69) is 0 Å². The lowest BCUT2D eigenvalue weighted by atomic mass is 10.1. The highest BCUT2D eigenvalue weighted by molar-refractivity contribution is 5.92. The molecule has 0 fully saturated rings. The number of nitrogens with two attached hydrogens (primary N) is 1. The minimum atomic E-state index is -1.03. The molecular weight excluding hydrogens is 244 g/mol. The van der Waals surface area contributed by atoms with E-state index in [4.69, 9.17) is 5.73 Å². The lowest BCUT2D eigenvalue weighted by molar-refractivity contribution is 0.0697. The van der Waals surface area contributed by atoms with Crippen LogP contribution < -0.4 is 11.2 Å². The van der Waals surface area contributed by atoms with Crippen molar-refractivity contribution in [2.45, 2.75) is 13.8 Å². The molecule has 0 saturated carbocycles. The van der Waals surface area contributed by atoms with Gasteiger partial charge in [-0.3, -0.25) is 4.79 Å². The molecule has 2 rings (SSSR count). The minimum Gasteiger partial charge on any atom is -0.478 e. The van der Waals surface area contributed by atoms with E-state index in [-0.39, 0.29) is 11.0 Å². The van der Waals surface area contributed by atoms with Gasteiger partial charge in [0.05, 0.1) is 11.3 Å². The molecule has 19 heavy (non-hydrogen) atoms. The second-order valence-corrected chi connectivity index (χ2v) is 4.39. The molecule has 1 aromatic heterocycles. The molecule has 3 N–H and O–H groups in total. The van der Waals surface area contributed by atoms with Crippen LogP contribution in [0, 0.1) is 13.8 Å². The molecule has 0 aliphatic heterocycles. The highest BCUT2D eigenvalue weighted by Crippen LogP contribution is 2.21. The first-order valence-electron chi connectivity index (χ1n) is 5.73. The van der Waals surface area contributed by atoms with Crippen LogP contribution in [0.4, 0.5) is 5.69 Å². The Morgan fingerprint density at radius 2 is 1.74 bits per heavy atom. The number of carboxylic acid groups (broad SMARTS) is 1. The summed E-state index contributed by atoms with van der Waals surface area (Å²) in [6.45, 7) is 3.51. The Morgan fingerprint density at radius 1 is 1.16 bits per heavy atom. The van der Waals surface area contributed by atoms with Crippen molar-refractivity contribution in [1.82, 2.24) is 4.57 Å². The van der Waals surface area contributed by atoms with Crippen LogP contribution in [-0.4, -0.2) is 15.6 Å². The van der Waals surface area contributed by atoms with Crippen molar-refractivity contribution in [3.63, 3.8) is 0 Å². The Morgan fingerprint density at radius 3 is 2.26 bits per heavy atom. The summed E-state index contributed by atoms with van der Waals surface area (Å²) >= 11 is 0. The third-order valence-electron chi connectivity index (χ3n) is 2.90. The summed E-state index contributed by atoms with van der Waals surface area (Å²) in [4.78, 5) is 22.7. The quantitative estimate of drug-likeness (QED) is 0.803. The molecule has 5 heteroatoms. The van der Waals surface area contributed by atoms with E-state index >= 15 is 0 Å². The molecule has 0 spiro atoms. The van der Waals surface area contributed by atoms with Crippen molar-refractivity contribution in [1.29, 1.82) is 0 Å². The van der Waals surface area contributed by atoms with Gasteiger partial charge in [0.1, 0.15) is 0 Å². The molecular formula is C14H14N2O3. The fourth-order valence-electron chi connectivity index (χ4n) is 2.16. The van der Waals surface area contributed by atoms with Crippen LogP contribution >= 0.6 is 0 Å². The predicted octanol–water partition coefficient (Wildman–Crippen LogP) is 1.73. The Bertz CT molecular complexity index is 691. The van der Waals surface area contributed by atoms with Crippen LogP contribution in [0.25, 0.3) is 5.69 Å². The molecule has 0 unspecified atom stereocenters. The molecule has 5 nitrogen and oxygen atoms in total. The molecule has 2 aromatic rings. The number of hydrogen-bond acceptors (Lipinski definition) is 3. The maximum atomic E-state index is 11.4. The van der Waals surface area contributed by atoms with Crippen LogP contribution in [-0.2, 0) is 0 Å². The number of aryl methyl sites for hydroxylation is 2. The molecule has 0 aliphatic rings. The van der Waals surface area contributed by atoms with Crippen LogP contribution in [0.15, 0.2) is 35.1 Å². The van der Waals surface area contributed by atoms with Gasteiger partial charge in [-0.2, -0.15) is 0 Å². The fourth-order valence-corrected chi connectivity index (χ4v) is 2.16. The number of nitrogens with zero attached hydrogens (tertiary/aromatic N) is 1. The molecule has 98 valence electrons. The largest absolute Gasteiger partial charge is 0.478 e. The zero-order valence-electron chi connectivity index (χ0n) is 10.7. The minimum absolute atomic E-state index is 0.105. The molecule has 1 aromatic carbocycles. The molecule has 1 heterocycles. The van der Waals surface area contributed by atoms with Crippen LogP contribution in [0.3, 0.4) is 0 Å². The van der Waals surface area contributed by atoms with Crippen molar-refractivity contribution in [3.05, 3.63) is 57.5 Å². The molecule has 0 saturated heterocycles. The Kier molecular flexibility index (Phi) is 3.12.